The number of ether oxygens (including phenoxy) is 3. The summed E-state index contributed by atoms with van der Waals surface area (Å²) in [5.41, 5.74) is -0.915. The summed E-state index contributed by atoms with van der Waals surface area (Å²) in [5.74, 6) is -1.35. The fourth-order valence-electron chi connectivity index (χ4n) is 4.11. The zero-order chi connectivity index (χ0) is 20.7. The van der Waals surface area contributed by atoms with Crippen molar-refractivity contribution < 1.29 is 28.9 Å². The maximum absolute atomic E-state index is 12.2. The van der Waals surface area contributed by atoms with Gasteiger partial charge in [-0.15, -0.1) is 0 Å². The van der Waals surface area contributed by atoms with Gasteiger partial charge in [-0.25, -0.2) is 4.79 Å². The molecule has 2 saturated heterocycles. The summed E-state index contributed by atoms with van der Waals surface area (Å²) in [7, 11) is 0. The standard InChI is InChI=1S/C22H30O6/c1-13-8-6-9-21(4,25)10-7-11-22(5)17(28-22)12-16-14(2)20(24)27-19(16)18(13)26-15(3)23/h6-8,10,13,16-19,25H,2,9,11-12H2,1,3-5H3/b8-6+,10-7+/t13-,16+,17+,18-,19-,21+,22-/m1/s1. The molecule has 0 saturated carbocycles. The topological polar surface area (TPSA) is 85.4 Å². The lowest BCUT2D eigenvalue weighted by molar-refractivity contribution is -0.163. The summed E-state index contributed by atoms with van der Waals surface area (Å²) in [4.78, 5) is 24.0. The van der Waals surface area contributed by atoms with Crippen molar-refractivity contribution in [1.29, 1.82) is 0 Å². The summed E-state index contributed by atoms with van der Waals surface area (Å²) < 4.78 is 17.1. The van der Waals surface area contributed by atoms with E-state index in [0.29, 0.717) is 24.8 Å². The molecule has 7 atom stereocenters. The Labute approximate surface area is 166 Å². The van der Waals surface area contributed by atoms with Gasteiger partial charge >= 0.3 is 11.9 Å². The number of esters is 2. The highest BCUT2D eigenvalue weighted by atomic mass is 16.6. The minimum Gasteiger partial charge on any atom is -0.458 e. The second kappa shape index (κ2) is 7.48. The second-order valence-electron chi connectivity index (χ2n) is 8.69. The van der Waals surface area contributed by atoms with E-state index in [9.17, 15) is 14.7 Å². The molecule has 2 heterocycles. The number of carbonyl (C=O) groups excluding carboxylic acids is 2. The van der Waals surface area contributed by atoms with Crippen LogP contribution in [0.5, 0.6) is 0 Å². The van der Waals surface area contributed by atoms with Crippen molar-refractivity contribution in [2.75, 3.05) is 0 Å². The maximum atomic E-state index is 12.2. The minimum atomic E-state index is -0.978. The molecule has 2 aliphatic heterocycles. The lowest BCUT2D eigenvalue weighted by atomic mass is 9.82. The van der Waals surface area contributed by atoms with Gasteiger partial charge in [0.15, 0.2) is 0 Å². The zero-order valence-corrected chi connectivity index (χ0v) is 17.0. The van der Waals surface area contributed by atoms with E-state index in [0.717, 1.165) is 0 Å². The molecule has 154 valence electrons. The van der Waals surface area contributed by atoms with Gasteiger partial charge < -0.3 is 19.3 Å². The van der Waals surface area contributed by atoms with Gasteiger partial charge in [0.25, 0.3) is 0 Å². The summed E-state index contributed by atoms with van der Waals surface area (Å²) in [6, 6.07) is 0. The van der Waals surface area contributed by atoms with Gasteiger partial charge in [-0.1, -0.05) is 37.8 Å². The average molecular weight is 390 g/mol. The average Bonchev–Trinajstić information content (AvgIpc) is 3.13. The first kappa shape index (κ1) is 20.8. The molecule has 0 radical (unpaired) electrons. The van der Waals surface area contributed by atoms with Crippen molar-refractivity contribution >= 4 is 11.9 Å². The van der Waals surface area contributed by atoms with Crippen LogP contribution in [0.4, 0.5) is 0 Å². The number of aliphatic hydroxyl groups is 1. The Bertz CT molecular complexity index is 721. The largest absolute Gasteiger partial charge is 0.458 e. The molecule has 1 aliphatic carbocycles. The van der Waals surface area contributed by atoms with Crippen LogP contribution in [-0.4, -0.2) is 46.6 Å². The van der Waals surface area contributed by atoms with Crippen LogP contribution in [0, 0.1) is 11.8 Å². The van der Waals surface area contributed by atoms with Crippen molar-refractivity contribution in [3.8, 4) is 0 Å². The normalized spacial score (nSPS) is 45.8. The molecule has 0 bridgehead atoms. The van der Waals surface area contributed by atoms with Crippen LogP contribution in [0.2, 0.25) is 0 Å². The Balaban J connectivity index is 1.93. The van der Waals surface area contributed by atoms with E-state index < -0.39 is 29.7 Å². The highest BCUT2D eigenvalue weighted by molar-refractivity contribution is 5.91. The Kier molecular flexibility index (Phi) is 5.56. The molecule has 0 aromatic carbocycles. The van der Waals surface area contributed by atoms with E-state index in [1.165, 1.54) is 6.92 Å². The summed E-state index contributed by atoms with van der Waals surface area (Å²) in [5, 5.41) is 10.5. The van der Waals surface area contributed by atoms with E-state index in [2.05, 4.69) is 6.58 Å². The van der Waals surface area contributed by atoms with Crippen LogP contribution in [0.3, 0.4) is 0 Å². The summed E-state index contributed by atoms with van der Waals surface area (Å²) in [6.45, 7) is 10.9. The first-order valence-corrected chi connectivity index (χ1v) is 9.84. The molecule has 6 heteroatoms. The van der Waals surface area contributed by atoms with E-state index >= 15 is 0 Å². The van der Waals surface area contributed by atoms with Gasteiger partial charge in [0, 0.05) is 24.3 Å². The number of fused-ring (bicyclic) bond motifs is 2. The van der Waals surface area contributed by atoms with Gasteiger partial charge in [-0.2, -0.15) is 0 Å². The highest BCUT2D eigenvalue weighted by Gasteiger charge is 2.56. The first-order chi connectivity index (χ1) is 13.0. The van der Waals surface area contributed by atoms with Crippen molar-refractivity contribution in [3.05, 3.63) is 36.5 Å². The molecule has 2 fully saturated rings. The molecular formula is C22H30O6. The molecule has 28 heavy (non-hydrogen) atoms. The number of epoxide rings is 1. The van der Waals surface area contributed by atoms with Crippen molar-refractivity contribution in [2.24, 2.45) is 11.8 Å². The molecular weight excluding hydrogens is 360 g/mol. The van der Waals surface area contributed by atoms with E-state index in [4.69, 9.17) is 14.2 Å². The fraction of sp³-hybridized carbons (Fsp3) is 0.636. The van der Waals surface area contributed by atoms with Gasteiger partial charge in [0.1, 0.15) is 12.2 Å². The number of hydrogen-bond donors (Lipinski definition) is 1. The van der Waals surface area contributed by atoms with Crippen LogP contribution in [-0.2, 0) is 23.8 Å². The lowest BCUT2D eigenvalue weighted by Crippen LogP contribution is -2.40. The summed E-state index contributed by atoms with van der Waals surface area (Å²) in [6.07, 6.45) is 7.89. The van der Waals surface area contributed by atoms with Gasteiger partial charge in [-0.3, -0.25) is 4.79 Å². The number of hydrogen-bond acceptors (Lipinski definition) is 6. The van der Waals surface area contributed by atoms with E-state index in [1.54, 1.807) is 13.0 Å². The van der Waals surface area contributed by atoms with Crippen LogP contribution < -0.4 is 0 Å². The molecule has 3 aliphatic rings. The number of carbonyl (C=O) groups is 2. The molecule has 1 N–H and O–H groups in total. The Morgan fingerprint density at radius 1 is 1.32 bits per heavy atom. The number of rotatable bonds is 1. The molecule has 0 aromatic heterocycles. The Morgan fingerprint density at radius 2 is 2.04 bits per heavy atom. The van der Waals surface area contributed by atoms with Crippen LogP contribution >= 0.6 is 0 Å². The quantitative estimate of drug-likeness (QED) is 0.321. The van der Waals surface area contributed by atoms with E-state index in [1.807, 2.05) is 32.1 Å². The Hall–Kier alpha value is -1.92. The minimum absolute atomic E-state index is 0.0485. The molecule has 0 unspecified atom stereocenters. The Morgan fingerprint density at radius 3 is 2.71 bits per heavy atom. The third-order valence-corrected chi connectivity index (χ3v) is 5.97. The SMILES string of the molecule is C=C1C(=O)O[C@H]2[C@H](OC(C)=O)[C@H](C)/C=C/C[C@](C)(O)/C=C/C[C@@]3(C)O[C@H]3C[C@@H]12. The zero-order valence-electron chi connectivity index (χ0n) is 17.0. The molecule has 0 spiro atoms. The second-order valence-corrected chi connectivity index (χ2v) is 8.69. The predicted molar refractivity (Wildman–Crippen MR) is 103 cm³/mol. The van der Waals surface area contributed by atoms with Crippen molar-refractivity contribution in [1.82, 2.24) is 0 Å². The van der Waals surface area contributed by atoms with Gasteiger partial charge in [0.05, 0.1) is 17.3 Å². The van der Waals surface area contributed by atoms with Crippen LogP contribution in [0.25, 0.3) is 0 Å². The lowest BCUT2D eigenvalue weighted by Gasteiger charge is -2.30. The smallest absolute Gasteiger partial charge is 0.334 e. The highest BCUT2D eigenvalue weighted by Crippen LogP contribution is 2.47. The maximum Gasteiger partial charge on any atom is 0.334 e. The van der Waals surface area contributed by atoms with Crippen molar-refractivity contribution in [3.63, 3.8) is 0 Å². The third-order valence-electron chi connectivity index (χ3n) is 5.97. The van der Waals surface area contributed by atoms with Gasteiger partial charge in [-0.05, 0) is 33.1 Å². The first-order valence-electron chi connectivity index (χ1n) is 9.84. The summed E-state index contributed by atoms with van der Waals surface area (Å²) >= 11 is 0. The molecule has 0 aromatic rings. The van der Waals surface area contributed by atoms with E-state index in [-0.39, 0.29) is 23.5 Å². The van der Waals surface area contributed by atoms with Crippen LogP contribution in [0.1, 0.15) is 47.0 Å². The molecule has 0 amide bonds. The van der Waals surface area contributed by atoms with Gasteiger partial charge in [0.2, 0.25) is 0 Å². The fourth-order valence-corrected chi connectivity index (χ4v) is 4.11. The molecule has 6 nitrogen and oxygen atoms in total. The predicted octanol–water partition coefficient (Wildman–Crippen LogP) is 2.86. The monoisotopic (exact) mass is 390 g/mol. The third kappa shape index (κ3) is 4.39. The van der Waals surface area contributed by atoms with Crippen molar-refractivity contribution in [2.45, 2.75) is 76.5 Å². The molecule has 3 rings (SSSR count). The van der Waals surface area contributed by atoms with Crippen LogP contribution in [0.15, 0.2) is 36.5 Å².